The molecule has 194 valence electrons. The summed E-state index contributed by atoms with van der Waals surface area (Å²) in [6, 6.07) is 27.3. The summed E-state index contributed by atoms with van der Waals surface area (Å²) in [5.41, 5.74) is 1.17. The number of fused-ring (bicyclic) bond motifs is 5. The molecule has 3 atom stereocenters. The first-order valence-electron chi connectivity index (χ1n) is 13.0. The molecule has 1 saturated heterocycles. The van der Waals surface area contributed by atoms with Gasteiger partial charge in [-0.3, -0.25) is 24.5 Å². The number of nitro benzene ring substituents is 1. The van der Waals surface area contributed by atoms with E-state index in [0.29, 0.717) is 22.3 Å². The van der Waals surface area contributed by atoms with E-state index in [-0.39, 0.29) is 23.0 Å². The average Bonchev–Trinajstić information content (AvgIpc) is 3.43. The van der Waals surface area contributed by atoms with E-state index in [2.05, 4.69) is 0 Å². The van der Waals surface area contributed by atoms with Crippen molar-refractivity contribution < 1.29 is 19.3 Å². The summed E-state index contributed by atoms with van der Waals surface area (Å²) in [6.07, 6.45) is 3.73. The van der Waals surface area contributed by atoms with E-state index in [4.69, 9.17) is 0 Å². The third-order valence-electron chi connectivity index (χ3n) is 8.48. The van der Waals surface area contributed by atoms with Gasteiger partial charge in [-0.2, -0.15) is 0 Å². The first kappa shape index (κ1) is 23.9. The Balaban J connectivity index is 1.56. The van der Waals surface area contributed by atoms with Gasteiger partial charge in [-0.05, 0) is 17.2 Å². The highest BCUT2D eigenvalue weighted by Gasteiger charge is 2.71. The molecular weight excluding hydrogens is 504 g/mol. The van der Waals surface area contributed by atoms with Crippen LogP contribution in [0.2, 0.25) is 0 Å². The van der Waals surface area contributed by atoms with Gasteiger partial charge >= 0.3 is 0 Å². The molecule has 7 heteroatoms. The Morgan fingerprint density at radius 2 is 1.45 bits per heavy atom. The lowest BCUT2D eigenvalue weighted by Crippen LogP contribution is -2.48. The van der Waals surface area contributed by atoms with Crippen molar-refractivity contribution in [1.29, 1.82) is 0 Å². The maximum absolute atomic E-state index is 14.6. The van der Waals surface area contributed by atoms with E-state index in [1.807, 2.05) is 47.4 Å². The third kappa shape index (κ3) is 3.09. The molecule has 1 fully saturated rings. The molecule has 7 nitrogen and oxygen atoms in total. The number of non-ortho nitro benzene ring substituents is 1. The minimum Gasteiger partial charge on any atom is -0.352 e. The molecule has 1 aliphatic carbocycles. The van der Waals surface area contributed by atoms with Gasteiger partial charge in [0.25, 0.3) is 5.69 Å². The number of hydrogen-bond acceptors (Lipinski definition) is 6. The standard InChI is InChI=1S/C33H22N2O5/c36-30(21-10-2-1-3-11-21)29-28(22-12-8-13-23(19-22)35(39)40)33(31(37)24-14-5-6-15-25(24)32(33)38)27-18-17-20-9-4-7-16-26(20)34(27)29/h1-19,27-29H/t27-,28-,29+/m0/s1. The molecule has 7 rings (SSSR count). The van der Waals surface area contributed by atoms with Crippen LogP contribution in [-0.4, -0.2) is 34.4 Å². The summed E-state index contributed by atoms with van der Waals surface area (Å²) in [7, 11) is 0. The SMILES string of the molecule is O=C(c1ccccc1)[C@H]1[C@H](c2cccc([N+](=O)[O-])c2)C2(C(=O)c3ccccc3C2=O)[C@@H]2C=Cc3ccccc3N21. The number of carbonyl (C=O) groups is 3. The van der Waals surface area contributed by atoms with E-state index in [9.17, 15) is 24.5 Å². The number of carbonyl (C=O) groups excluding carboxylic acids is 3. The van der Waals surface area contributed by atoms with Gasteiger partial charge in [0.15, 0.2) is 17.3 Å². The van der Waals surface area contributed by atoms with Crippen molar-refractivity contribution >= 4 is 34.8 Å². The molecule has 0 bridgehead atoms. The fourth-order valence-corrected chi connectivity index (χ4v) is 6.90. The van der Waals surface area contributed by atoms with Crippen molar-refractivity contribution in [2.24, 2.45) is 5.41 Å². The van der Waals surface area contributed by atoms with Crippen molar-refractivity contribution in [2.45, 2.75) is 18.0 Å². The summed E-state index contributed by atoms with van der Waals surface area (Å²) in [5.74, 6) is -1.99. The maximum atomic E-state index is 14.6. The molecule has 0 aromatic heterocycles. The summed E-state index contributed by atoms with van der Waals surface area (Å²) < 4.78 is 0. The van der Waals surface area contributed by atoms with Gasteiger partial charge in [0.1, 0.15) is 11.5 Å². The Morgan fingerprint density at radius 1 is 0.800 bits per heavy atom. The minimum absolute atomic E-state index is 0.171. The number of hydrogen-bond donors (Lipinski definition) is 0. The zero-order valence-corrected chi connectivity index (χ0v) is 21.1. The van der Waals surface area contributed by atoms with Gasteiger partial charge in [0.2, 0.25) is 0 Å². The molecule has 2 heterocycles. The maximum Gasteiger partial charge on any atom is 0.269 e. The Kier molecular flexibility index (Phi) is 5.19. The Morgan fingerprint density at radius 3 is 2.15 bits per heavy atom. The first-order chi connectivity index (χ1) is 19.4. The molecule has 0 unspecified atom stereocenters. The van der Waals surface area contributed by atoms with Crippen LogP contribution in [0.4, 0.5) is 11.4 Å². The van der Waals surface area contributed by atoms with Crippen LogP contribution < -0.4 is 4.90 Å². The fraction of sp³-hybridized carbons (Fsp3) is 0.121. The predicted octanol–water partition coefficient (Wildman–Crippen LogP) is 5.91. The molecular formula is C33H22N2O5. The molecule has 0 radical (unpaired) electrons. The number of anilines is 1. The predicted molar refractivity (Wildman–Crippen MR) is 150 cm³/mol. The molecule has 4 aromatic rings. The smallest absolute Gasteiger partial charge is 0.269 e. The van der Waals surface area contributed by atoms with Crippen LogP contribution in [0.15, 0.2) is 109 Å². The van der Waals surface area contributed by atoms with Crippen molar-refractivity contribution in [3.8, 4) is 0 Å². The molecule has 1 spiro atoms. The second-order valence-electron chi connectivity index (χ2n) is 10.3. The van der Waals surface area contributed by atoms with Gasteiger partial charge in [-0.15, -0.1) is 0 Å². The Labute approximate surface area is 229 Å². The van der Waals surface area contributed by atoms with Gasteiger partial charge < -0.3 is 4.90 Å². The number of ketones is 3. The highest BCUT2D eigenvalue weighted by molar-refractivity contribution is 6.32. The molecule has 4 aromatic carbocycles. The number of para-hydroxylation sites is 1. The summed E-state index contributed by atoms with van der Waals surface area (Å²) >= 11 is 0. The van der Waals surface area contributed by atoms with Crippen molar-refractivity contribution in [1.82, 2.24) is 0 Å². The summed E-state index contributed by atoms with van der Waals surface area (Å²) in [6.45, 7) is 0. The van der Waals surface area contributed by atoms with E-state index < -0.39 is 28.3 Å². The first-order valence-corrected chi connectivity index (χ1v) is 13.0. The van der Waals surface area contributed by atoms with Gasteiger partial charge in [0.05, 0.1) is 11.0 Å². The monoisotopic (exact) mass is 526 g/mol. The summed E-state index contributed by atoms with van der Waals surface area (Å²) in [5, 5.41) is 11.8. The van der Waals surface area contributed by atoms with E-state index >= 15 is 0 Å². The number of benzene rings is 4. The quantitative estimate of drug-likeness (QED) is 0.142. The van der Waals surface area contributed by atoms with Crippen LogP contribution in [0.25, 0.3) is 6.08 Å². The lowest BCUT2D eigenvalue weighted by molar-refractivity contribution is -0.384. The van der Waals surface area contributed by atoms with Crippen LogP contribution in [0.1, 0.15) is 48.1 Å². The fourth-order valence-electron chi connectivity index (χ4n) is 6.90. The summed E-state index contributed by atoms with van der Waals surface area (Å²) in [4.78, 5) is 56.9. The molecule has 0 N–H and O–H groups in total. The molecule has 0 amide bonds. The number of nitro groups is 1. The van der Waals surface area contributed by atoms with Crippen LogP contribution in [0.5, 0.6) is 0 Å². The largest absolute Gasteiger partial charge is 0.352 e. The molecule has 3 aliphatic rings. The van der Waals surface area contributed by atoms with Gasteiger partial charge in [-0.25, -0.2) is 0 Å². The van der Waals surface area contributed by atoms with Crippen LogP contribution >= 0.6 is 0 Å². The number of nitrogens with zero attached hydrogens (tertiary/aromatic N) is 2. The molecule has 2 aliphatic heterocycles. The topological polar surface area (TPSA) is 97.6 Å². The van der Waals surface area contributed by atoms with Crippen molar-refractivity contribution in [3.63, 3.8) is 0 Å². The number of Topliss-reactive ketones (excluding diaryl/α,β-unsaturated/α-hetero) is 3. The zero-order valence-electron chi connectivity index (χ0n) is 21.1. The minimum atomic E-state index is -1.70. The zero-order chi connectivity index (χ0) is 27.6. The van der Waals surface area contributed by atoms with Gasteiger partial charge in [-0.1, -0.05) is 97.1 Å². The molecule has 40 heavy (non-hydrogen) atoms. The van der Waals surface area contributed by atoms with Gasteiger partial charge in [0, 0.05) is 40.4 Å². The number of rotatable bonds is 4. The highest BCUT2D eigenvalue weighted by atomic mass is 16.6. The average molecular weight is 527 g/mol. The van der Waals surface area contributed by atoms with E-state index in [0.717, 1.165) is 11.3 Å². The normalized spacial score (nSPS) is 21.7. The molecule has 0 saturated carbocycles. The lowest BCUT2D eigenvalue weighted by atomic mass is 9.64. The second-order valence-corrected chi connectivity index (χ2v) is 10.3. The highest BCUT2D eigenvalue weighted by Crippen LogP contribution is 2.61. The third-order valence-corrected chi connectivity index (χ3v) is 8.48. The second kappa shape index (κ2) is 8.68. The van der Waals surface area contributed by atoms with Crippen LogP contribution in [-0.2, 0) is 0 Å². The lowest BCUT2D eigenvalue weighted by Gasteiger charge is -2.37. The van der Waals surface area contributed by atoms with Crippen molar-refractivity contribution in [3.05, 3.63) is 147 Å². The van der Waals surface area contributed by atoms with Crippen molar-refractivity contribution in [2.75, 3.05) is 4.90 Å². The Hall–Kier alpha value is -5.17. The Bertz CT molecular complexity index is 1740. The van der Waals surface area contributed by atoms with E-state index in [1.165, 1.54) is 12.1 Å². The van der Waals surface area contributed by atoms with E-state index in [1.54, 1.807) is 60.7 Å². The van der Waals surface area contributed by atoms with Crippen LogP contribution in [0, 0.1) is 15.5 Å². The van der Waals surface area contributed by atoms with Crippen LogP contribution in [0.3, 0.4) is 0 Å².